The van der Waals surface area contributed by atoms with E-state index in [9.17, 15) is 19.5 Å². The first-order valence-corrected chi connectivity index (χ1v) is 10.1. The fraction of sp³-hybridized carbons (Fsp3) is 0.261. The zero-order chi connectivity index (χ0) is 23.4. The van der Waals surface area contributed by atoms with Crippen LogP contribution in [0.2, 0.25) is 5.02 Å². The van der Waals surface area contributed by atoms with Crippen molar-refractivity contribution in [3.8, 4) is 11.5 Å². The third kappa shape index (κ3) is 4.61. The third-order valence-electron chi connectivity index (χ3n) is 4.96. The van der Waals surface area contributed by atoms with Gasteiger partial charge in [0.2, 0.25) is 0 Å². The molecule has 1 amide bonds. The predicted molar refractivity (Wildman–Crippen MR) is 117 cm³/mol. The lowest BCUT2D eigenvalue weighted by atomic mass is 9.95. The molecule has 1 heterocycles. The van der Waals surface area contributed by atoms with Gasteiger partial charge in [-0.15, -0.1) is 0 Å². The normalized spacial score (nSPS) is 17.5. The number of ketones is 1. The minimum atomic E-state index is -0.863. The number of rotatable bonds is 7. The van der Waals surface area contributed by atoms with Crippen LogP contribution in [0.5, 0.6) is 11.5 Å². The number of carbonyl (C=O) groups is 3. The lowest BCUT2D eigenvalue weighted by Gasteiger charge is -2.25. The zero-order valence-electron chi connectivity index (χ0n) is 17.8. The number of hydrogen-bond donors (Lipinski definition) is 1. The number of amides is 1. The van der Waals surface area contributed by atoms with Crippen molar-refractivity contribution in [3.05, 3.63) is 64.2 Å². The molecule has 2 aromatic carbocycles. The fourth-order valence-electron chi connectivity index (χ4n) is 3.49. The molecule has 32 heavy (non-hydrogen) atoms. The summed E-state index contributed by atoms with van der Waals surface area (Å²) in [4.78, 5) is 38.3. The molecule has 1 unspecified atom stereocenters. The molecule has 1 fully saturated rings. The highest BCUT2D eigenvalue weighted by molar-refractivity contribution is 6.46. The second-order valence-electron chi connectivity index (χ2n) is 7.00. The van der Waals surface area contributed by atoms with Crippen molar-refractivity contribution in [3.63, 3.8) is 0 Å². The van der Waals surface area contributed by atoms with Crippen LogP contribution in [0.25, 0.3) is 5.76 Å². The largest absolute Gasteiger partial charge is 0.507 e. The van der Waals surface area contributed by atoms with Gasteiger partial charge in [0, 0.05) is 26.1 Å². The Morgan fingerprint density at radius 2 is 1.81 bits per heavy atom. The van der Waals surface area contributed by atoms with Gasteiger partial charge in [-0.1, -0.05) is 23.7 Å². The standard InChI is InChI=1S/C23H22ClNO7/c1-13(26)32-16-7-4-14(5-8-16)20-19(22(28)23(29)25(20)10-11-30-2)21(27)15-6-9-17(24)18(12-15)31-3/h4-9,12,20,27H,10-11H2,1-3H3/b21-19-. The first-order valence-electron chi connectivity index (χ1n) is 9.68. The van der Waals surface area contributed by atoms with Gasteiger partial charge >= 0.3 is 5.97 Å². The van der Waals surface area contributed by atoms with E-state index in [-0.39, 0.29) is 30.0 Å². The molecule has 0 saturated carbocycles. The SMILES string of the molecule is COCCN1C(=O)C(=O)/C(=C(\O)c2ccc(Cl)c(OC)c2)C1c1ccc(OC(C)=O)cc1. The molecular formula is C23H22ClNO7. The maximum Gasteiger partial charge on any atom is 0.308 e. The highest BCUT2D eigenvalue weighted by Crippen LogP contribution is 2.40. The van der Waals surface area contributed by atoms with Gasteiger partial charge in [-0.05, 0) is 35.9 Å². The lowest BCUT2D eigenvalue weighted by molar-refractivity contribution is -0.140. The van der Waals surface area contributed by atoms with Gasteiger partial charge in [0.15, 0.2) is 0 Å². The number of nitrogens with zero attached hydrogens (tertiary/aromatic N) is 1. The van der Waals surface area contributed by atoms with Crippen LogP contribution in [0.1, 0.15) is 24.1 Å². The van der Waals surface area contributed by atoms with E-state index < -0.39 is 23.7 Å². The van der Waals surface area contributed by atoms with Gasteiger partial charge in [0.1, 0.15) is 17.3 Å². The Kier molecular flexibility index (Phi) is 7.17. The zero-order valence-corrected chi connectivity index (χ0v) is 18.5. The number of benzene rings is 2. The minimum Gasteiger partial charge on any atom is -0.507 e. The topological polar surface area (TPSA) is 102 Å². The molecule has 1 N–H and O–H groups in total. The summed E-state index contributed by atoms with van der Waals surface area (Å²) in [5.74, 6) is -1.77. The summed E-state index contributed by atoms with van der Waals surface area (Å²) in [6.45, 7) is 1.62. The first kappa shape index (κ1) is 23.3. The van der Waals surface area contributed by atoms with E-state index >= 15 is 0 Å². The van der Waals surface area contributed by atoms with Crippen LogP contribution in [0.15, 0.2) is 48.0 Å². The highest BCUT2D eigenvalue weighted by atomic mass is 35.5. The van der Waals surface area contributed by atoms with Crippen molar-refractivity contribution in [1.29, 1.82) is 0 Å². The molecule has 0 bridgehead atoms. The number of halogens is 1. The number of Topliss-reactive ketones (excluding diaryl/α,β-unsaturated/α-hetero) is 1. The van der Waals surface area contributed by atoms with Crippen LogP contribution in [0, 0.1) is 0 Å². The summed E-state index contributed by atoms with van der Waals surface area (Å²) in [5, 5.41) is 11.4. The van der Waals surface area contributed by atoms with Crippen molar-refractivity contribution in [1.82, 2.24) is 4.90 Å². The second-order valence-corrected chi connectivity index (χ2v) is 7.40. The lowest BCUT2D eigenvalue weighted by Crippen LogP contribution is -2.32. The molecular weight excluding hydrogens is 438 g/mol. The monoisotopic (exact) mass is 459 g/mol. The number of hydrogen-bond acceptors (Lipinski definition) is 7. The molecule has 0 aromatic heterocycles. The Balaban J connectivity index is 2.13. The van der Waals surface area contributed by atoms with E-state index in [1.165, 1.54) is 44.2 Å². The summed E-state index contributed by atoms with van der Waals surface area (Å²) < 4.78 is 15.3. The molecule has 0 spiro atoms. The van der Waals surface area contributed by atoms with E-state index in [4.69, 9.17) is 25.8 Å². The Labute approximate surface area is 189 Å². The summed E-state index contributed by atoms with van der Waals surface area (Å²) in [6.07, 6.45) is 0. The van der Waals surface area contributed by atoms with Crippen LogP contribution in [-0.4, -0.2) is 55.0 Å². The molecule has 1 aliphatic heterocycles. The summed E-state index contributed by atoms with van der Waals surface area (Å²) in [5.41, 5.74) is 0.756. The molecule has 1 atom stereocenters. The summed E-state index contributed by atoms with van der Waals surface area (Å²) in [7, 11) is 2.92. The quantitative estimate of drug-likeness (QED) is 0.223. The molecule has 2 aromatic rings. The Bertz CT molecular complexity index is 1080. The minimum absolute atomic E-state index is 0.0734. The molecule has 1 aliphatic rings. The Hall–Kier alpha value is -3.36. The molecule has 9 heteroatoms. The van der Waals surface area contributed by atoms with Crippen molar-refractivity contribution in [2.24, 2.45) is 0 Å². The first-order chi connectivity index (χ1) is 15.3. The highest BCUT2D eigenvalue weighted by Gasteiger charge is 2.45. The number of methoxy groups -OCH3 is 2. The van der Waals surface area contributed by atoms with Gasteiger partial charge < -0.3 is 24.2 Å². The summed E-state index contributed by atoms with van der Waals surface area (Å²) in [6, 6.07) is 10.0. The maximum atomic E-state index is 12.9. The van der Waals surface area contributed by atoms with Gasteiger partial charge in [-0.25, -0.2) is 0 Å². The van der Waals surface area contributed by atoms with Crippen LogP contribution < -0.4 is 9.47 Å². The van der Waals surface area contributed by atoms with Crippen LogP contribution in [0.4, 0.5) is 0 Å². The van der Waals surface area contributed by atoms with E-state index in [1.807, 2.05) is 0 Å². The Morgan fingerprint density at radius 1 is 1.12 bits per heavy atom. The molecule has 0 aliphatic carbocycles. The van der Waals surface area contributed by atoms with Crippen molar-refractivity contribution >= 4 is 35.0 Å². The second kappa shape index (κ2) is 9.84. The number of likely N-dealkylation sites (tertiary alicyclic amines) is 1. The number of esters is 1. The number of carbonyl (C=O) groups excluding carboxylic acids is 3. The molecule has 3 rings (SSSR count). The number of aliphatic hydroxyl groups excluding tert-OH is 1. The average Bonchev–Trinajstić information content (AvgIpc) is 3.02. The average molecular weight is 460 g/mol. The maximum absolute atomic E-state index is 12.9. The van der Waals surface area contributed by atoms with E-state index in [0.717, 1.165) is 0 Å². The van der Waals surface area contributed by atoms with Gasteiger partial charge in [-0.3, -0.25) is 14.4 Å². The van der Waals surface area contributed by atoms with Crippen molar-refractivity contribution in [2.75, 3.05) is 27.4 Å². The number of aliphatic hydroxyl groups is 1. The number of ether oxygens (including phenoxy) is 3. The smallest absolute Gasteiger partial charge is 0.308 e. The predicted octanol–water partition coefficient (Wildman–Crippen LogP) is 3.34. The van der Waals surface area contributed by atoms with Crippen molar-refractivity contribution in [2.45, 2.75) is 13.0 Å². The van der Waals surface area contributed by atoms with Crippen LogP contribution in [-0.2, 0) is 19.1 Å². The third-order valence-corrected chi connectivity index (χ3v) is 5.27. The Morgan fingerprint density at radius 3 is 2.41 bits per heavy atom. The molecule has 168 valence electrons. The van der Waals surface area contributed by atoms with E-state index in [1.54, 1.807) is 24.3 Å². The van der Waals surface area contributed by atoms with Gasteiger partial charge in [-0.2, -0.15) is 0 Å². The van der Waals surface area contributed by atoms with E-state index in [2.05, 4.69) is 0 Å². The van der Waals surface area contributed by atoms with Crippen LogP contribution in [0.3, 0.4) is 0 Å². The van der Waals surface area contributed by atoms with Gasteiger partial charge in [0.25, 0.3) is 11.7 Å². The summed E-state index contributed by atoms with van der Waals surface area (Å²) >= 11 is 6.07. The van der Waals surface area contributed by atoms with Gasteiger partial charge in [0.05, 0.1) is 30.4 Å². The molecule has 8 nitrogen and oxygen atoms in total. The molecule has 1 saturated heterocycles. The van der Waals surface area contributed by atoms with Crippen molar-refractivity contribution < 1.29 is 33.7 Å². The fourth-order valence-corrected chi connectivity index (χ4v) is 3.69. The van der Waals surface area contributed by atoms with E-state index in [0.29, 0.717) is 22.1 Å². The van der Waals surface area contributed by atoms with Crippen LogP contribution >= 0.6 is 11.6 Å². The molecule has 0 radical (unpaired) electrons.